The molecule has 0 aliphatic rings. The highest BCUT2D eigenvalue weighted by Gasteiger charge is 2.18. The number of carbonyl (C=O) groups excluding carboxylic acids is 2. The second kappa shape index (κ2) is 7.51. The molecule has 0 aliphatic heterocycles. The monoisotopic (exact) mass is 320 g/mol. The lowest BCUT2D eigenvalue weighted by molar-refractivity contribution is -0.120. The quantitative estimate of drug-likeness (QED) is 0.846. The fraction of sp³-hybridized carbons (Fsp3) is 0.286. The van der Waals surface area contributed by atoms with Crippen LogP contribution in [0.1, 0.15) is 24.9 Å². The Bertz CT molecular complexity index is 628. The van der Waals surface area contributed by atoms with E-state index in [1.165, 1.54) is 23.8 Å². The van der Waals surface area contributed by atoms with Crippen LogP contribution in [0.25, 0.3) is 0 Å². The van der Waals surface area contributed by atoms with Crippen molar-refractivity contribution >= 4 is 28.3 Å². The summed E-state index contributed by atoms with van der Waals surface area (Å²) in [6, 6.07) is 6.78. The second-order valence-electron chi connectivity index (χ2n) is 4.52. The Balaban J connectivity index is 2.07. The van der Waals surface area contributed by atoms with Crippen LogP contribution >= 0.6 is 11.3 Å². The Morgan fingerprint density at radius 3 is 2.59 bits per heavy atom. The van der Waals surface area contributed by atoms with Crippen LogP contribution in [0.2, 0.25) is 0 Å². The minimum atomic E-state index is -0.420. The van der Waals surface area contributed by atoms with E-state index in [0.717, 1.165) is 5.56 Å². The van der Waals surface area contributed by atoms with E-state index < -0.39 is 6.04 Å². The van der Waals surface area contributed by atoms with Crippen LogP contribution in [0.5, 0.6) is 5.75 Å². The summed E-state index contributed by atoms with van der Waals surface area (Å²) in [6.07, 6.45) is 0.103. The number of benzene rings is 1. The molecule has 8 heteroatoms. The summed E-state index contributed by atoms with van der Waals surface area (Å²) < 4.78 is 5.10. The first-order valence-corrected chi connectivity index (χ1v) is 7.43. The second-order valence-corrected chi connectivity index (χ2v) is 5.36. The third kappa shape index (κ3) is 4.52. The van der Waals surface area contributed by atoms with Gasteiger partial charge in [0.2, 0.25) is 16.9 Å². The summed E-state index contributed by atoms with van der Waals surface area (Å²) >= 11 is 1.23. The molecule has 0 saturated carbocycles. The van der Waals surface area contributed by atoms with E-state index in [-0.39, 0.29) is 18.2 Å². The lowest BCUT2D eigenvalue weighted by Crippen LogP contribution is -2.29. The third-order valence-corrected chi connectivity index (χ3v) is 3.50. The normalized spacial score (nSPS) is 11.5. The van der Waals surface area contributed by atoms with Gasteiger partial charge in [0.15, 0.2) is 0 Å². The van der Waals surface area contributed by atoms with Crippen molar-refractivity contribution in [1.29, 1.82) is 0 Å². The minimum absolute atomic E-state index is 0.103. The zero-order chi connectivity index (χ0) is 15.9. The molecular weight excluding hydrogens is 304 g/mol. The van der Waals surface area contributed by atoms with E-state index in [9.17, 15) is 9.59 Å². The van der Waals surface area contributed by atoms with Crippen molar-refractivity contribution < 1.29 is 14.3 Å². The van der Waals surface area contributed by atoms with Gasteiger partial charge < -0.3 is 15.4 Å². The largest absolute Gasteiger partial charge is 0.497 e. The lowest BCUT2D eigenvalue weighted by atomic mass is 10.0. The number of nitrogens with one attached hydrogen (secondary N) is 2. The maximum absolute atomic E-state index is 12.1. The van der Waals surface area contributed by atoms with Crippen LogP contribution < -0.4 is 15.4 Å². The highest BCUT2D eigenvalue weighted by Crippen LogP contribution is 2.21. The molecule has 1 unspecified atom stereocenters. The van der Waals surface area contributed by atoms with E-state index in [1.54, 1.807) is 19.2 Å². The molecule has 0 radical (unpaired) electrons. The summed E-state index contributed by atoms with van der Waals surface area (Å²) in [5.41, 5.74) is 2.35. The van der Waals surface area contributed by atoms with Crippen molar-refractivity contribution in [3.05, 3.63) is 35.3 Å². The highest BCUT2D eigenvalue weighted by atomic mass is 32.1. The van der Waals surface area contributed by atoms with Crippen molar-refractivity contribution in [1.82, 2.24) is 15.5 Å². The Morgan fingerprint density at radius 2 is 2.05 bits per heavy atom. The Kier molecular flexibility index (Phi) is 5.42. The molecule has 1 aromatic heterocycles. The number of anilines is 1. The Labute approximate surface area is 131 Å². The van der Waals surface area contributed by atoms with E-state index in [2.05, 4.69) is 20.8 Å². The number of amides is 2. The number of ether oxygens (including phenoxy) is 1. The van der Waals surface area contributed by atoms with Gasteiger partial charge in [0.25, 0.3) is 0 Å². The molecule has 2 amide bonds. The summed E-state index contributed by atoms with van der Waals surface area (Å²) in [5, 5.41) is 13.3. The topological polar surface area (TPSA) is 93.2 Å². The van der Waals surface area contributed by atoms with Crippen LogP contribution in [0, 0.1) is 0 Å². The zero-order valence-electron chi connectivity index (χ0n) is 12.2. The average Bonchev–Trinajstić information content (AvgIpc) is 2.99. The van der Waals surface area contributed by atoms with Crippen LogP contribution in [0.15, 0.2) is 29.8 Å². The molecule has 116 valence electrons. The van der Waals surface area contributed by atoms with Gasteiger partial charge in [0.05, 0.1) is 19.6 Å². The van der Waals surface area contributed by atoms with Crippen LogP contribution in [0.3, 0.4) is 0 Å². The summed E-state index contributed by atoms with van der Waals surface area (Å²) in [6.45, 7) is 1.42. The van der Waals surface area contributed by atoms with Crippen molar-refractivity contribution in [2.45, 2.75) is 19.4 Å². The molecule has 0 aliphatic carbocycles. The maximum Gasteiger partial charge on any atom is 0.228 e. The number of aromatic nitrogens is 2. The molecule has 1 atom stereocenters. The van der Waals surface area contributed by atoms with Gasteiger partial charge in [-0.1, -0.05) is 23.5 Å². The van der Waals surface area contributed by atoms with Gasteiger partial charge in [-0.25, -0.2) is 0 Å². The molecular formula is C14H16N4O3S. The Morgan fingerprint density at radius 1 is 1.32 bits per heavy atom. The highest BCUT2D eigenvalue weighted by molar-refractivity contribution is 7.13. The standard InChI is InChI=1S/C14H16N4O3S/c1-9(19)16-12(10-3-5-11(21-2)6-4-10)7-13(20)17-14-18-15-8-22-14/h3-6,8,12H,7H2,1-2H3,(H,16,19)(H,17,18,20). The van der Waals surface area contributed by atoms with Crippen molar-refractivity contribution in [2.24, 2.45) is 0 Å². The number of hydrogen-bond acceptors (Lipinski definition) is 6. The number of rotatable bonds is 6. The van der Waals surface area contributed by atoms with Crippen LogP contribution in [0.4, 0.5) is 5.13 Å². The lowest BCUT2D eigenvalue weighted by Gasteiger charge is -2.18. The number of nitrogens with zero attached hydrogens (tertiary/aromatic N) is 2. The van der Waals surface area contributed by atoms with Crippen molar-refractivity contribution in [3.63, 3.8) is 0 Å². The van der Waals surface area contributed by atoms with Crippen LogP contribution in [-0.4, -0.2) is 29.1 Å². The molecule has 2 rings (SSSR count). The van der Waals surface area contributed by atoms with E-state index in [0.29, 0.717) is 10.9 Å². The first kappa shape index (κ1) is 15.9. The van der Waals surface area contributed by atoms with Gasteiger partial charge in [-0.15, -0.1) is 10.2 Å². The predicted molar refractivity (Wildman–Crippen MR) is 82.7 cm³/mol. The fourth-order valence-electron chi connectivity index (χ4n) is 1.92. The average molecular weight is 320 g/mol. The molecule has 2 aromatic rings. The molecule has 1 aromatic carbocycles. The first-order chi connectivity index (χ1) is 10.6. The molecule has 7 nitrogen and oxygen atoms in total. The summed E-state index contributed by atoms with van der Waals surface area (Å²) in [4.78, 5) is 23.4. The van der Waals surface area contributed by atoms with E-state index >= 15 is 0 Å². The SMILES string of the molecule is COc1ccc(C(CC(=O)Nc2nncs2)NC(C)=O)cc1. The smallest absolute Gasteiger partial charge is 0.228 e. The van der Waals surface area contributed by atoms with Gasteiger partial charge in [0, 0.05) is 6.92 Å². The third-order valence-electron chi connectivity index (χ3n) is 2.89. The Hall–Kier alpha value is -2.48. The van der Waals surface area contributed by atoms with Gasteiger partial charge in [-0.3, -0.25) is 9.59 Å². The molecule has 0 spiro atoms. The van der Waals surface area contributed by atoms with Crippen LogP contribution in [-0.2, 0) is 9.59 Å². The maximum atomic E-state index is 12.1. The molecule has 0 bridgehead atoms. The fourth-order valence-corrected chi connectivity index (χ4v) is 2.38. The van der Waals surface area contributed by atoms with Gasteiger partial charge in [0.1, 0.15) is 11.3 Å². The predicted octanol–water partition coefficient (Wildman–Crippen LogP) is 1.75. The van der Waals surface area contributed by atoms with Gasteiger partial charge in [-0.05, 0) is 17.7 Å². The number of carbonyl (C=O) groups is 2. The number of methoxy groups -OCH3 is 1. The first-order valence-electron chi connectivity index (χ1n) is 6.55. The van der Waals surface area contributed by atoms with E-state index in [1.807, 2.05) is 12.1 Å². The minimum Gasteiger partial charge on any atom is -0.497 e. The van der Waals surface area contributed by atoms with Gasteiger partial charge in [-0.2, -0.15) is 0 Å². The molecule has 0 fully saturated rings. The zero-order valence-corrected chi connectivity index (χ0v) is 13.0. The van der Waals surface area contributed by atoms with Crippen molar-refractivity contribution in [2.75, 3.05) is 12.4 Å². The number of hydrogen-bond donors (Lipinski definition) is 2. The summed E-state index contributed by atoms with van der Waals surface area (Å²) in [5.74, 6) is 0.263. The molecule has 2 N–H and O–H groups in total. The van der Waals surface area contributed by atoms with E-state index in [4.69, 9.17) is 4.74 Å². The molecule has 22 heavy (non-hydrogen) atoms. The molecule has 0 saturated heterocycles. The van der Waals surface area contributed by atoms with Gasteiger partial charge >= 0.3 is 0 Å². The summed E-state index contributed by atoms with van der Waals surface area (Å²) in [7, 11) is 1.58. The van der Waals surface area contributed by atoms with Crippen molar-refractivity contribution in [3.8, 4) is 5.75 Å². The molecule has 1 heterocycles.